The second kappa shape index (κ2) is 30.6. The molecule has 0 bridgehead atoms. The second-order valence-electron chi connectivity index (χ2n) is 10.1. The van der Waals surface area contributed by atoms with E-state index >= 15 is 0 Å². The summed E-state index contributed by atoms with van der Waals surface area (Å²) in [5.41, 5.74) is 0. The van der Waals surface area contributed by atoms with E-state index in [0.717, 1.165) is 6.04 Å². The first-order valence-corrected chi connectivity index (χ1v) is 20.4. The smallest absolute Gasteiger partial charge is 0.150 e. The molecule has 0 saturated carbocycles. The van der Waals surface area contributed by atoms with Crippen molar-refractivity contribution in [3.05, 3.63) is 0 Å². The van der Waals surface area contributed by atoms with Crippen LogP contribution >= 0.6 is 44.7 Å². The summed E-state index contributed by atoms with van der Waals surface area (Å²) in [7, 11) is -1.33. The van der Waals surface area contributed by atoms with Gasteiger partial charge in [-0.15, -0.1) is 0 Å². The molecule has 0 aliphatic heterocycles. The van der Waals surface area contributed by atoms with Crippen LogP contribution in [0.15, 0.2) is 0 Å². The van der Waals surface area contributed by atoms with Crippen molar-refractivity contribution in [2.24, 2.45) is 0 Å². The molecule has 194 valence electrons. The fourth-order valence-corrected chi connectivity index (χ4v) is 6.70. The van der Waals surface area contributed by atoms with Gasteiger partial charge in [0.15, 0.2) is 0 Å². The molecule has 4 heteroatoms. The van der Waals surface area contributed by atoms with Crippen molar-refractivity contribution in [1.29, 1.82) is 0 Å². The van der Waals surface area contributed by atoms with Crippen molar-refractivity contribution in [1.82, 2.24) is 0 Å². The molecule has 0 rings (SSSR count). The highest BCUT2D eigenvalue weighted by Crippen LogP contribution is 2.16. The second-order valence-corrected chi connectivity index (χ2v) is 16.3. The summed E-state index contributed by atoms with van der Waals surface area (Å²) in [5.74, 6) is 0. The average Bonchev–Trinajstić information content (AvgIpc) is 2.78. The zero-order valence-corrected chi connectivity index (χ0v) is 26.3. The van der Waals surface area contributed by atoms with Gasteiger partial charge in [-0.05, 0) is 16.9 Å². The van der Waals surface area contributed by atoms with Crippen LogP contribution in [0.4, 0.5) is 0 Å². The van der Waals surface area contributed by atoms with Crippen LogP contribution in [0.3, 0.4) is 0 Å². The Morgan fingerprint density at radius 3 is 0.688 bits per heavy atom. The Hall–Kier alpha value is 1.53. The summed E-state index contributed by atoms with van der Waals surface area (Å²) in [6.07, 6.45) is 37.7. The Balaban J connectivity index is 3.00. The summed E-state index contributed by atoms with van der Waals surface area (Å²) in [6.45, 7) is 0. The first-order valence-electron chi connectivity index (χ1n) is 14.6. The molecule has 0 aromatic carbocycles. The molecule has 0 fully saturated rings. The molecule has 0 aliphatic rings. The fourth-order valence-electron chi connectivity index (χ4n) is 4.64. The monoisotopic (exact) mass is 618 g/mol. The van der Waals surface area contributed by atoms with Crippen LogP contribution in [-0.2, 0) is 0 Å². The lowest BCUT2D eigenvalue weighted by molar-refractivity contribution is 0.516. The maximum Gasteiger partial charge on any atom is 0.237 e. The third kappa shape index (κ3) is 31.5. The molecule has 0 nitrogen and oxygen atoms in total. The van der Waals surface area contributed by atoms with E-state index in [-0.39, 0.29) is 0 Å². The molecule has 0 spiro atoms. The number of halogens is 3. The van der Waals surface area contributed by atoms with Gasteiger partial charge in [0.2, 0.25) is 7.42 Å². The van der Waals surface area contributed by atoms with Crippen molar-refractivity contribution in [3.63, 3.8) is 0 Å². The molecule has 0 amide bonds. The van der Waals surface area contributed by atoms with Gasteiger partial charge in [0.25, 0.3) is 0 Å². The highest BCUT2D eigenvalue weighted by molar-refractivity contribution is 14.1. The van der Waals surface area contributed by atoms with Gasteiger partial charge >= 0.3 is 0 Å². The maximum absolute atomic E-state index is 5.89. The average molecular weight is 620 g/mol. The largest absolute Gasteiger partial charge is 0.237 e. The molecule has 0 heterocycles. The molecule has 0 unspecified atom stereocenters. The van der Waals surface area contributed by atoms with E-state index < -0.39 is 7.42 Å². The molecule has 0 atom stereocenters. The highest BCUT2D eigenvalue weighted by atomic mass is 127. The first-order chi connectivity index (χ1) is 15.8. The van der Waals surface area contributed by atoms with E-state index in [2.05, 4.69) is 22.6 Å². The van der Waals surface area contributed by atoms with Crippen molar-refractivity contribution in [2.75, 3.05) is 4.43 Å². The summed E-state index contributed by atoms with van der Waals surface area (Å²) in [6, 6.07) is 1.10. The molecule has 0 aliphatic carbocycles. The SMILES string of the molecule is Cl[SiH](Cl)CCCCCCCCCCCCCCCCCCCCCCCCCCCCI. The number of rotatable bonds is 28. The number of hydrogen-bond donors (Lipinski definition) is 0. The van der Waals surface area contributed by atoms with Crippen LogP contribution < -0.4 is 0 Å². The normalized spacial score (nSPS) is 11.6. The molecule has 0 aromatic rings. The Morgan fingerprint density at radius 2 is 0.500 bits per heavy atom. The van der Waals surface area contributed by atoms with Gasteiger partial charge in [0.05, 0.1) is 0 Å². The minimum absolute atomic E-state index is 1.10. The van der Waals surface area contributed by atoms with E-state index in [1.165, 1.54) is 171 Å². The van der Waals surface area contributed by atoms with Crippen molar-refractivity contribution in [2.45, 2.75) is 173 Å². The molecule has 0 aromatic heterocycles. The molecule has 32 heavy (non-hydrogen) atoms. The fraction of sp³-hybridized carbons (Fsp3) is 1.00. The lowest BCUT2D eigenvalue weighted by Gasteiger charge is -2.04. The van der Waals surface area contributed by atoms with Crippen molar-refractivity contribution in [3.8, 4) is 0 Å². The summed E-state index contributed by atoms with van der Waals surface area (Å²) >= 11 is 14.3. The van der Waals surface area contributed by atoms with E-state index in [9.17, 15) is 0 Å². The van der Waals surface area contributed by atoms with Gasteiger partial charge < -0.3 is 0 Å². The minimum Gasteiger partial charge on any atom is -0.150 e. The van der Waals surface area contributed by atoms with Crippen LogP contribution in [0.5, 0.6) is 0 Å². The van der Waals surface area contributed by atoms with E-state index in [0.29, 0.717) is 0 Å². The molecular weight excluding hydrogens is 562 g/mol. The molecular formula is C28H57Cl2ISi. The third-order valence-electron chi connectivity index (χ3n) is 6.81. The maximum atomic E-state index is 5.89. The van der Waals surface area contributed by atoms with Crippen molar-refractivity contribution < 1.29 is 0 Å². The van der Waals surface area contributed by atoms with Crippen LogP contribution in [-0.4, -0.2) is 11.8 Å². The number of alkyl halides is 1. The van der Waals surface area contributed by atoms with Gasteiger partial charge in [-0.25, -0.2) is 0 Å². The van der Waals surface area contributed by atoms with Crippen LogP contribution in [0, 0.1) is 0 Å². The van der Waals surface area contributed by atoms with Crippen LogP contribution in [0.1, 0.15) is 167 Å². The lowest BCUT2D eigenvalue weighted by atomic mass is 10.0. The Labute approximate surface area is 228 Å². The standard InChI is InChI=1S/C28H57Cl2ISi/c29-32(30)28-26-24-22-20-18-16-14-12-10-8-6-4-2-1-3-5-7-9-11-13-15-17-19-21-23-25-27-31/h32H,1-28H2. The third-order valence-corrected chi connectivity index (χ3v) is 9.72. The van der Waals surface area contributed by atoms with Crippen LogP contribution in [0.2, 0.25) is 6.04 Å². The highest BCUT2D eigenvalue weighted by Gasteiger charge is 2.00. The van der Waals surface area contributed by atoms with E-state index in [1.807, 2.05) is 0 Å². The minimum atomic E-state index is -1.33. The molecule has 0 N–H and O–H groups in total. The zero-order chi connectivity index (χ0) is 23.4. The lowest BCUT2D eigenvalue weighted by Crippen LogP contribution is -1.91. The number of hydrogen-bond acceptors (Lipinski definition) is 0. The van der Waals surface area contributed by atoms with Gasteiger partial charge in [-0.3, -0.25) is 0 Å². The van der Waals surface area contributed by atoms with Gasteiger partial charge in [-0.2, -0.15) is 22.2 Å². The van der Waals surface area contributed by atoms with E-state index in [1.54, 1.807) is 0 Å². The Kier molecular flexibility index (Phi) is 32.0. The van der Waals surface area contributed by atoms with Crippen LogP contribution in [0.25, 0.3) is 0 Å². The quantitative estimate of drug-likeness (QED) is 0.0269. The Bertz CT molecular complexity index is 329. The van der Waals surface area contributed by atoms with Gasteiger partial charge in [0, 0.05) is 0 Å². The molecule has 0 radical (unpaired) electrons. The predicted octanol–water partition coefficient (Wildman–Crippen LogP) is 12.3. The van der Waals surface area contributed by atoms with Gasteiger partial charge in [-0.1, -0.05) is 183 Å². The first kappa shape index (κ1) is 33.5. The summed E-state index contributed by atoms with van der Waals surface area (Å²) in [4.78, 5) is 0. The molecule has 0 saturated heterocycles. The summed E-state index contributed by atoms with van der Waals surface area (Å²) in [5, 5.41) is 0. The van der Waals surface area contributed by atoms with Crippen molar-refractivity contribution >= 4 is 52.2 Å². The predicted molar refractivity (Wildman–Crippen MR) is 163 cm³/mol. The number of unbranched alkanes of at least 4 members (excludes halogenated alkanes) is 25. The summed E-state index contributed by atoms with van der Waals surface area (Å²) < 4.78 is 1.34. The topological polar surface area (TPSA) is 0 Å². The zero-order valence-electron chi connectivity index (χ0n) is 21.5. The Morgan fingerprint density at radius 1 is 0.312 bits per heavy atom. The van der Waals surface area contributed by atoms with E-state index in [4.69, 9.17) is 22.2 Å². The van der Waals surface area contributed by atoms with Gasteiger partial charge in [0.1, 0.15) is 0 Å².